The van der Waals surface area contributed by atoms with E-state index < -0.39 is 0 Å². The Morgan fingerprint density at radius 1 is 1.20 bits per heavy atom. The summed E-state index contributed by atoms with van der Waals surface area (Å²) < 4.78 is 5.90. The number of aldehydes is 1. The van der Waals surface area contributed by atoms with Crippen LogP contribution in [0.2, 0.25) is 0 Å². The molecule has 15 heavy (non-hydrogen) atoms. The lowest BCUT2D eigenvalue weighted by atomic mass is 9.74. The van der Waals surface area contributed by atoms with Crippen molar-refractivity contribution in [3.8, 4) is 5.75 Å². The molecule has 2 rings (SSSR count). The van der Waals surface area contributed by atoms with Crippen LogP contribution in [0, 0.1) is 0 Å². The van der Waals surface area contributed by atoms with E-state index in [1.54, 1.807) is 6.07 Å². The second kappa shape index (κ2) is 2.84. The minimum absolute atomic E-state index is 0.0681. The molecule has 1 aromatic carbocycles. The van der Waals surface area contributed by atoms with E-state index >= 15 is 0 Å². The summed E-state index contributed by atoms with van der Waals surface area (Å²) in [5.41, 5.74) is 1.43. The van der Waals surface area contributed by atoms with Crippen molar-refractivity contribution in [2.24, 2.45) is 0 Å². The average molecular weight is 204 g/mol. The molecule has 2 heteroatoms. The minimum atomic E-state index is -0.269. The zero-order valence-corrected chi connectivity index (χ0v) is 9.63. The molecule has 80 valence electrons. The molecule has 0 amide bonds. The van der Waals surface area contributed by atoms with E-state index in [1.165, 1.54) is 0 Å². The number of carbonyl (C=O) groups excluding carboxylic acids is 1. The van der Waals surface area contributed by atoms with Crippen LogP contribution < -0.4 is 4.74 Å². The highest BCUT2D eigenvalue weighted by Crippen LogP contribution is 2.49. The highest BCUT2D eigenvalue weighted by atomic mass is 16.5. The number of para-hydroxylation sites is 1. The van der Waals surface area contributed by atoms with Gasteiger partial charge in [-0.05, 0) is 19.9 Å². The Hall–Kier alpha value is -1.31. The van der Waals surface area contributed by atoms with E-state index in [2.05, 4.69) is 27.7 Å². The van der Waals surface area contributed by atoms with Crippen molar-refractivity contribution in [3.05, 3.63) is 29.3 Å². The first kappa shape index (κ1) is 10.2. The number of hydrogen-bond acceptors (Lipinski definition) is 2. The highest BCUT2D eigenvalue weighted by molar-refractivity contribution is 5.81. The molecule has 0 aromatic heterocycles. The van der Waals surface area contributed by atoms with Crippen molar-refractivity contribution in [1.82, 2.24) is 0 Å². The number of fused-ring (bicyclic) bond motifs is 1. The molecule has 1 aliphatic heterocycles. The maximum Gasteiger partial charge on any atom is 0.153 e. The van der Waals surface area contributed by atoms with Crippen LogP contribution in [0.4, 0.5) is 0 Å². The predicted octanol–water partition coefficient (Wildman–Crippen LogP) is 2.95. The molecule has 0 fully saturated rings. The average Bonchev–Trinajstić information content (AvgIpc) is 2.34. The maximum absolute atomic E-state index is 10.9. The molecule has 1 aromatic rings. The highest BCUT2D eigenvalue weighted by Gasteiger charge is 2.48. The quantitative estimate of drug-likeness (QED) is 0.657. The lowest BCUT2D eigenvalue weighted by Crippen LogP contribution is -2.41. The van der Waals surface area contributed by atoms with Gasteiger partial charge in [-0.15, -0.1) is 0 Å². The summed E-state index contributed by atoms with van der Waals surface area (Å²) in [5, 5.41) is 0. The van der Waals surface area contributed by atoms with Crippen LogP contribution in [-0.4, -0.2) is 11.9 Å². The van der Waals surface area contributed by atoms with E-state index in [1.807, 2.05) is 12.1 Å². The van der Waals surface area contributed by atoms with Crippen molar-refractivity contribution in [2.75, 3.05) is 0 Å². The van der Waals surface area contributed by atoms with Gasteiger partial charge in [0.15, 0.2) is 6.29 Å². The van der Waals surface area contributed by atoms with Gasteiger partial charge < -0.3 is 4.74 Å². The third-order valence-corrected chi connectivity index (χ3v) is 3.71. The molecule has 0 radical (unpaired) electrons. The zero-order valence-electron chi connectivity index (χ0n) is 9.63. The maximum atomic E-state index is 10.9. The summed E-state index contributed by atoms with van der Waals surface area (Å²) in [6, 6.07) is 5.75. The molecule has 0 saturated heterocycles. The number of benzene rings is 1. The standard InChI is InChI=1S/C13H16O2/c1-12(2)10-7-5-6-9(8-14)11(10)15-13(12,3)4/h5-8H,1-4H3. The number of hydrogen-bond donors (Lipinski definition) is 0. The fourth-order valence-electron chi connectivity index (χ4n) is 1.96. The third kappa shape index (κ3) is 1.21. The minimum Gasteiger partial charge on any atom is -0.486 e. The Kier molecular flexibility index (Phi) is 1.94. The first-order valence-electron chi connectivity index (χ1n) is 5.18. The molecular weight excluding hydrogens is 188 g/mol. The fourth-order valence-corrected chi connectivity index (χ4v) is 1.96. The van der Waals surface area contributed by atoms with Crippen LogP contribution in [0.1, 0.15) is 43.6 Å². The van der Waals surface area contributed by atoms with Gasteiger partial charge in [0, 0.05) is 11.0 Å². The molecular formula is C13H16O2. The molecule has 0 saturated carbocycles. The van der Waals surface area contributed by atoms with Crippen LogP contribution in [0.5, 0.6) is 5.75 Å². The summed E-state index contributed by atoms with van der Waals surface area (Å²) in [6.45, 7) is 8.41. The van der Waals surface area contributed by atoms with Crippen LogP contribution in [0.15, 0.2) is 18.2 Å². The molecule has 0 N–H and O–H groups in total. The SMILES string of the molecule is CC1(C)Oc2c(C=O)cccc2C1(C)C. The van der Waals surface area contributed by atoms with Gasteiger partial charge in [0.2, 0.25) is 0 Å². The van der Waals surface area contributed by atoms with Crippen molar-refractivity contribution >= 4 is 6.29 Å². The van der Waals surface area contributed by atoms with Crippen molar-refractivity contribution < 1.29 is 9.53 Å². The molecule has 0 bridgehead atoms. The van der Waals surface area contributed by atoms with E-state index in [-0.39, 0.29) is 11.0 Å². The molecule has 1 heterocycles. The molecule has 0 unspecified atom stereocenters. The van der Waals surface area contributed by atoms with E-state index in [9.17, 15) is 4.79 Å². The largest absolute Gasteiger partial charge is 0.486 e. The van der Waals surface area contributed by atoms with Gasteiger partial charge in [-0.3, -0.25) is 4.79 Å². The normalized spacial score (nSPS) is 20.5. The molecule has 0 atom stereocenters. The Bertz CT molecular complexity index is 417. The Labute approximate surface area is 90.3 Å². The lowest BCUT2D eigenvalue weighted by molar-refractivity contribution is 0.0704. The molecule has 0 spiro atoms. The van der Waals surface area contributed by atoms with E-state index in [0.717, 1.165) is 17.6 Å². The zero-order chi connectivity index (χ0) is 11.3. The van der Waals surface area contributed by atoms with Crippen LogP contribution in [0.25, 0.3) is 0 Å². The summed E-state index contributed by atoms with van der Waals surface area (Å²) in [6.07, 6.45) is 0.857. The second-order valence-corrected chi connectivity index (χ2v) is 5.08. The second-order valence-electron chi connectivity index (χ2n) is 5.08. The fraction of sp³-hybridized carbons (Fsp3) is 0.462. The van der Waals surface area contributed by atoms with Crippen LogP contribution in [-0.2, 0) is 5.41 Å². The number of carbonyl (C=O) groups is 1. The Balaban J connectivity index is 2.67. The van der Waals surface area contributed by atoms with Gasteiger partial charge in [-0.1, -0.05) is 26.0 Å². The molecule has 1 aliphatic rings. The monoisotopic (exact) mass is 204 g/mol. The topological polar surface area (TPSA) is 26.3 Å². The smallest absolute Gasteiger partial charge is 0.153 e. The first-order chi connectivity index (χ1) is 6.90. The summed E-state index contributed by atoms with van der Waals surface area (Å²) in [4.78, 5) is 10.9. The summed E-state index contributed by atoms with van der Waals surface area (Å²) in [5.74, 6) is 0.752. The van der Waals surface area contributed by atoms with E-state index in [0.29, 0.717) is 5.56 Å². The van der Waals surface area contributed by atoms with Gasteiger partial charge in [0.1, 0.15) is 11.4 Å². The van der Waals surface area contributed by atoms with Crippen molar-refractivity contribution in [2.45, 2.75) is 38.7 Å². The predicted molar refractivity (Wildman–Crippen MR) is 59.6 cm³/mol. The van der Waals surface area contributed by atoms with Crippen LogP contribution >= 0.6 is 0 Å². The molecule has 0 aliphatic carbocycles. The lowest BCUT2D eigenvalue weighted by Gasteiger charge is -2.33. The van der Waals surface area contributed by atoms with Gasteiger partial charge in [0.05, 0.1) is 5.56 Å². The summed E-state index contributed by atoms with van der Waals surface area (Å²) >= 11 is 0. The Morgan fingerprint density at radius 3 is 2.47 bits per heavy atom. The van der Waals surface area contributed by atoms with Crippen molar-refractivity contribution in [3.63, 3.8) is 0 Å². The molecule has 2 nitrogen and oxygen atoms in total. The van der Waals surface area contributed by atoms with Gasteiger partial charge in [0.25, 0.3) is 0 Å². The summed E-state index contributed by atoms with van der Waals surface area (Å²) in [7, 11) is 0. The van der Waals surface area contributed by atoms with E-state index in [4.69, 9.17) is 4.74 Å². The number of rotatable bonds is 1. The number of ether oxygens (including phenoxy) is 1. The Morgan fingerprint density at radius 2 is 1.87 bits per heavy atom. The van der Waals surface area contributed by atoms with Gasteiger partial charge in [-0.25, -0.2) is 0 Å². The third-order valence-electron chi connectivity index (χ3n) is 3.71. The van der Waals surface area contributed by atoms with Crippen molar-refractivity contribution in [1.29, 1.82) is 0 Å². The van der Waals surface area contributed by atoms with Gasteiger partial charge >= 0.3 is 0 Å². The van der Waals surface area contributed by atoms with Gasteiger partial charge in [-0.2, -0.15) is 0 Å². The first-order valence-corrected chi connectivity index (χ1v) is 5.18. The van der Waals surface area contributed by atoms with Crippen LogP contribution in [0.3, 0.4) is 0 Å².